The third kappa shape index (κ3) is 2.23. The molecule has 0 aliphatic heterocycles. The molecule has 0 saturated carbocycles. The number of halogens is 4. The number of aliphatic hydroxyl groups is 1. The minimum atomic E-state index is -4.73. The van der Waals surface area contributed by atoms with E-state index in [1.165, 1.54) is 6.92 Å². The molecule has 0 amide bonds. The molecule has 0 fully saturated rings. The minimum Gasteiger partial charge on any atom is -0.389 e. The van der Waals surface area contributed by atoms with Crippen LogP contribution >= 0.6 is 0 Å². The molecule has 78 valence electrons. The molecule has 0 aromatic heterocycles. The predicted molar refractivity (Wildman–Crippen MR) is 42.0 cm³/mol. The van der Waals surface area contributed by atoms with Gasteiger partial charge < -0.3 is 5.11 Å². The Balaban J connectivity index is 3.22. The van der Waals surface area contributed by atoms with E-state index in [-0.39, 0.29) is 5.56 Å². The molecule has 1 aromatic carbocycles. The maximum atomic E-state index is 12.7. The average Bonchev–Trinajstić information content (AvgIpc) is 2.02. The molecule has 0 heterocycles. The van der Waals surface area contributed by atoms with Crippen LogP contribution in [0.5, 0.6) is 0 Å². The van der Waals surface area contributed by atoms with E-state index >= 15 is 0 Å². The summed E-state index contributed by atoms with van der Waals surface area (Å²) in [7, 11) is 0. The van der Waals surface area contributed by atoms with Crippen LogP contribution in [0.15, 0.2) is 18.2 Å². The van der Waals surface area contributed by atoms with Gasteiger partial charge in [0.15, 0.2) is 0 Å². The van der Waals surface area contributed by atoms with Crippen LogP contribution in [0.4, 0.5) is 17.6 Å². The highest BCUT2D eigenvalue weighted by molar-refractivity contribution is 5.28. The average molecular weight is 208 g/mol. The lowest BCUT2D eigenvalue weighted by Crippen LogP contribution is -2.09. The molecule has 0 radical (unpaired) electrons. The van der Waals surface area contributed by atoms with Gasteiger partial charge in [0.1, 0.15) is 5.82 Å². The molecule has 0 aliphatic carbocycles. The Kier molecular flexibility index (Phi) is 2.80. The highest BCUT2D eigenvalue weighted by Gasteiger charge is 2.34. The first kappa shape index (κ1) is 11.0. The molecule has 1 rings (SSSR count). The second kappa shape index (κ2) is 3.57. The molecule has 14 heavy (non-hydrogen) atoms. The van der Waals surface area contributed by atoms with Crippen LogP contribution in [-0.2, 0) is 6.18 Å². The first-order valence-electron chi connectivity index (χ1n) is 3.87. The van der Waals surface area contributed by atoms with Crippen molar-refractivity contribution in [3.05, 3.63) is 35.1 Å². The summed E-state index contributed by atoms with van der Waals surface area (Å²) in [5, 5.41) is 9.01. The second-order valence-corrected chi connectivity index (χ2v) is 2.91. The van der Waals surface area contributed by atoms with E-state index in [1.54, 1.807) is 0 Å². The molecule has 0 unspecified atom stereocenters. The predicted octanol–water partition coefficient (Wildman–Crippen LogP) is 2.90. The zero-order chi connectivity index (χ0) is 10.9. The fourth-order valence-corrected chi connectivity index (χ4v) is 1.02. The summed E-state index contributed by atoms with van der Waals surface area (Å²) in [4.78, 5) is 0. The Labute approximate surface area is 78.0 Å². The van der Waals surface area contributed by atoms with Crippen LogP contribution in [0.25, 0.3) is 0 Å². The van der Waals surface area contributed by atoms with E-state index in [4.69, 9.17) is 5.11 Å². The summed E-state index contributed by atoms with van der Waals surface area (Å²) in [5.74, 6) is -1.33. The Morgan fingerprint density at radius 3 is 2.29 bits per heavy atom. The first-order valence-corrected chi connectivity index (χ1v) is 3.87. The van der Waals surface area contributed by atoms with Gasteiger partial charge in [-0.05, 0) is 24.6 Å². The number of alkyl halides is 3. The molecule has 1 aromatic rings. The van der Waals surface area contributed by atoms with E-state index in [9.17, 15) is 17.6 Å². The van der Waals surface area contributed by atoms with Gasteiger partial charge in [0.05, 0.1) is 11.7 Å². The van der Waals surface area contributed by atoms with Crippen LogP contribution in [0.2, 0.25) is 0 Å². The fourth-order valence-electron chi connectivity index (χ4n) is 1.02. The van der Waals surface area contributed by atoms with E-state index in [1.807, 2.05) is 0 Å². The van der Waals surface area contributed by atoms with Crippen LogP contribution in [0.1, 0.15) is 24.2 Å². The van der Waals surface area contributed by atoms with Crippen molar-refractivity contribution in [3.63, 3.8) is 0 Å². The van der Waals surface area contributed by atoms with Crippen LogP contribution in [0, 0.1) is 5.82 Å². The third-order valence-corrected chi connectivity index (χ3v) is 1.78. The standard InChI is InChI=1S/C9H8F4O/c1-5(14)6-2-3-8(10)7(4-6)9(11,12)13/h2-5,14H,1H3/t5-/m0/s1. The second-order valence-electron chi connectivity index (χ2n) is 2.91. The van der Waals surface area contributed by atoms with Gasteiger partial charge in [-0.3, -0.25) is 0 Å². The lowest BCUT2D eigenvalue weighted by molar-refractivity contribution is -0.140. The highest BCUT2D eigenvalue weighted by atomic mass is 19.4. The van der Waals surface area contributed by atoms with Crippen molar-refractivity contribution >= 4 is 0 Å². The van der Waals surface area contributed by atoms with Crippen molar-refractivity contribution < 1.29 is 22.7 Å². The molecule has 0 aliphatic rings. The largest absolute Gasteiger partial charge is 0.419 e. The number of benzene rings is 1. The topological polar surface area (TPSA) is 20.2 Å². The monoisotopic (exact) mass is 208 g/mol. The summed E-state index contributed by atoms with van der Waals surface area (Å²) >= 11 is 0. The molecule has 1 nitrogen and oxygen atoms in total. The number of hydrogen-bond donors (Lipinski definition) is 1. The Morgan fingerprint density at radius 1 is 1.29 bits per heavy atom. The van der Waals surface area contributed by atoms with Crippen molar-refractivity contribution in [1.29, 1.82) is 0 Å². The lowest BCUT2D eigenvalue weighted by Gasteiger charge is -2.11. The zero-order valence-electron chi connectivity index (χ0n) is 7.27. The van der Waals surface area contributed by atoms with E-state index in [0.717, 1.165) is 6.07 Å². The van der Waals surface area contributed by atoms with Crippen LogP contribution < -0.4 is 0 Å². The van der Waals surface area contributed by atoms with Gasteiger partial charge in [-0.2, -0.15) is 13.2 Å². The molecule has 5 heteroatoms. The molecule has 1 N–H and O–H groups in total. The third-order valence-electron chi connectivity index (χ3n) is 1.78. The quantitative estimate of drug-likeness (QED) is 0.703. The van der Waals surface area contributed by atoms with Gasteiger partial charge in [0.2, 0.25) is 0 Å². The van der Waals surface area contributed by atoms with Crippen LogP contribution in [0.3, 0.4) is 0 Å². The van der Waals surface area contributed by atoms with Gasteiger partial charge in [0, 0.05) is 0 Å². The highest BCUT2D eigenvalue weighted by Crippen LogP contribution is 2.32. The maximum absolute atomic E-state index is 12.7. The number of aliphatic hydroxyl groups excluding tert-OH is 1. The van der Waals surface area contributed by atoms with Crippen molar-refractivity contribution in [2.24, 2.45) is 0 Å². The number of rotatable bonds is 1. The minimum absolute atomic E-state index is 0.0405. The normalized spacial score (nSPS) is 14.1. The SMILES string of the molecule is C[C@H](O)c1ccc(F)c(C(F)(F)F)c1. The maximum Gasteiger partial charge on any atom is 0.419 e. The van der Waals surface area contributed by atoms with Crippen molar-refractivity contribution in [2.75, 3.05) is 0 Å². The summed E-state index contributed by atoms with van der Waals surface area (Å²) in [6, 6.07) is 2.43. The summed E-state index contributed by atoms with van der Waals surface area (Å²) in [6.07, 6.45) is -5.77. The summed E-state index contributed by atoms with van der Waals surface area (Å²) < 4.78 is 49.2. The smallest absolute Gasteiger partial charge is 0.389 e. The van der Waals surface area contributed by atoms with Gasteiger partial charge in [-0.15, -0.1) is 0 Å². The molecule has 0 saturated heterocycles. The van der Waals surface area contributed by atoms with Gasteiger partial charge in [-0.1, -0.05) is 6.07 Å². The zero-order valence-corrected chi connectivity index (χ0v) is 7.27. The molecular weight excluding hydrogens is 200 g/mol. The Bertz CT molecular complexity index is 330. The van der Waals surface area contributed by atoms with E-state index in [2.05, 4.69) is 0 Å². The van der Waals surface area contributed by atoms with Gasteiger partial charge in [-0.25, -0.2) is 4.39 Å². The molecular formula is C9H8F4O. The summed E-state index contributed by atoms with van der Waals surface area (Å²) in [5.41, 5.74) is -1.31. The van der Waals surface area contributed by atoms with Crippen molar-refractivity contribution in [2.45, 2.75) is 19.2 Å². The van der Waals surface area contributed by atoms with Gasteiger partial charge >= 0.3 is 6.18 Å². The first-order chi connectivity index (χ1) is 6.32. The number of hydrogen-bond acceptors (Lipinski definition) is 1. The molecule has 1 atom stereocenters. The van der Waals surface area contributed by atoms with Crippen molar-refractivity contribution in [1.82, 2.24) is 0 Å². The van der Waals surface area contributed by atoms with E-state index in [0.29, 0.717) is 12.1 Å². The fraction of sp³-hybridized carbons (Fsp3) is 0.333. The Morgan fingerprint density at radius 2 is 1.86 bits per heavy atom. The van der Waals surface area contributed by atoms with Crippen LogP contribution in [-0.4, -0.2) is 5.11 Å². The van der Waals surface area contributed by atoms with Gasteiger partial charge in [0.25, 0.3) is 0 Å². The van der Waals surface area contributed by atoms with Crippen molar-refractivity contribution in [3.8, 4) is 0 Å². The summed E-state index contributed by atoms with van der Waals surface area (Å²) in [6.45, 7) is 1.31. The Hall–Kier alpha value is -1.10. The lowest BCUT2D eigenvalue weighted by atomic mass is 10.1. The van der Waals surface area contributed by atoms with E-state index < -0.39 is 23.7 Å². The molecule has 0 spiro atoms. The molecule has 0 bridgehead atoms.